The number of carbonyl (C=O) groups excluding carboxylic acids is 2. The third-order valence-electron chi connectivity index (χ3n) is 4.16. The van der Waals surface area contributed by atoms with Gasteiger partial charge in [-0.3, -0.25) is 9.59 Å². The van der Waals surface area contributed by atoms with Gasteiger partial charge in [0, 0.05) is 25.6 Å². The molecule has 0 saturated carbocycles. The van der Waals surface area contributed by atoms with E-state index in [2.05, 4.69) is 31.2 Å². The van der Waals surface area contributed by atoms with Crippen LogP contribution >= 0.6 is 11.8 Å². The maximum Gasteiger partial charge on any atom is 0.233 e. The summed E-state index contributed by atoms with van der Waals surface area (Å²) in [5.41, 5.74) is 2.37. The number of carbonyl (C=O) groups is 2. The number of thioether (sulfide) groups is 1. The third-order valence-corrected chi connectivity index (χ3v) is 5.41. The van der Waals surface area contributed by atoms with Crippen molar-refractivity contribution in [2.24, 2.45) is 0 Å². The highest BCUT2D eigenvalue weighted by atomic mass is 32.2. The monoisotopic (exact) mass is 334 g/mol. The zero-order valence-electron chi connectivity index (χ0n) is 14.4. The molecule has 0 bridgehead atoms. The van der Waals surface area contributed by atoms with E-state index in [4.69, 9.17) is 0 Å². The lowest BCUT2D eigenvalue weighted by Crippen LogP contribution is -2.43. The number of amides is 2. The Morgan fingerprint density at radius 3 is 2.57 bits per heavy atom. The SMILES string of the molecule is CCC(=O)N(CCN1C(=O)CSC1c1ccc(C)cc1)C(C)C. The van der Waals surface area contributed by atoms with Crippen molar-refractivity contribution in [1.82, 2.24) is 9.80 Å². The number of rotatable bonds is 6. The number of hydrogen-bond donors (Lipinski definition) is 0. The minimum absolute atomic E-state index is 0.0637. The van der Waals surface area contributed by atoms with Gasteiger partial charge in [0.2, 0.25) is 11.8 Å². The van der Waals surface area contributed by atoms with Crippen LogP contribution in [0.2, 0.25) is 0 Å². The van der Waals surface area contributed by atoms with E-state index in [0.29, 0.717) is 25.3 Å². The van der Waals surface area contributed by atoms with E-state index in [1.165, 1.54) is 5.56 Å². The molecule has 1 heterocycles. The van der Waals surface area contributed by atoms with Gasteiger partial charge in [-0.1, -0.05) is 36.8 Å². The zero-order chi connectivity index (χ0) is 17.0. The van der Waals surface area contributed by atoms with Crippen LogP contribution in [0.15, 0.2) is 24.3 Å². The fraction of sp³-hybridized carbons (Fsp3) is 0.556. The molecule has 0 radical (unpaired) electrons. The van der Waals surface area contributed by atoms with E-state index < -0.39 is 0 Å². The van der Waals surface area contributed by atoms with Crippen molar-refractivity contribution >= 4 is 23.6 Å². The fourth-order valence-electron chi connectivity index (χ4n) is 2.79. The summed E-state index contributed by atoms with van der Waals surface area (Å²) in [4.78, 5) is 28.1. The van der Waals surface area contributed by atoms with Gasteiger partial charge in [0.1, 0.15) is 5.37 Å². The molecule has 1 unspecified atom stereocenters. The minimum atomic E-state index is 0.0637. The molecule has 0 spiro atoms. The maximum atomic E-state index is 12.2. The highest BCUT2D eigenvalue weighted by Gasteiger charge is 2.33. The van der Waals surface area contributed by atoms with Gasteiger partial charge in [0.15, 0.2) is 0 Å². The molecule has 1 aliphatic heterocycles. The van der Waals surface area contributed by atoms with Crippen LogP contribution in [0.3, 0.4) is 0 Å². The van der Waals surface area contributed by atoms with Crippen LogP contribution in [0.4, 0.5) is 0 Å². The first-order valence-corrected chi connectivity index (χ1v) is 9.26. The molecule has 1 fully saturated rings. The van der Waals surface area contributed by atoms with Crippen molar-refractivity contribution in [2.45, 2.75) is 45.5 Å². The second kappa shape index (κ2) is 7.86. The second-order valence-corrected chi connectivity index (χ2v) is 7.26. The molecule has 4 nitrogen and oxygen atoms in total. The molecule has 1 aromatic carbocycles. The van der Waals surface area contributed by atoms with E-state index in [-0.39, 0.29) is 23.2 Å². The number of benzene rings is 1. The normalized spacial score (nSPS) is 17.9. The van der Waals surface area contributed by atoms with Gasteiger partial charge in [-0.2, -0.15) is 0 Å². The van der Waals surface area contributed by atoms with E-state index in [9.17, 15) is 9.59 Å². The molecule has 126 valence electrons. The Balaban J connectivity index is 2.08. The molecule has 0 aliphatic carbocycles. The quantitative estimate of drug-likeness (QED) is 0.802. The van der Waals surface area contributed by atoms with E-state index in [1.807, 2.05) is 30.6 Å². The van der Waals surface area contributed by atoms with Crippen molar-refractivity contribution in [3.63, 3.8) is 0 Å². The van der Waals surface area contributed by atoms with Crippen LogP contribution < -0.4 is 0 Å². The second-order valence-electron chi connectivity index (χ2n) is 6.20. The molecule has 5 heteroatoms. The van der Waals surface area contributed by atoms with Gasteiger partial charge in [-0.25, -0.2) is 0 Å². The van der Waals surface area contributed by atoms with Crippen LogP contribution in [0.25, 0.3) is 0 Å². The summed E-state index contributed by atoms with van der Waals surface area (Å²) in [6.07, 6.45) is 0.502. The highest BCUT2D eigenvalue weighted by molar-refractivity contribution is 8.00. The Morgan fingerprint density at radius 1 is 1.35 bits per heavy atom. The summed E-state index contributed by atoms with van der Waals surface area (Å²) in [6, 6.07) is 8.51. The van der Waals surface area contributed by atoms with Crippen LogP contribution in [-0.2, 0) is 9.59 Å². The van der Waals surface area contributed by atoms with Crippen LogP contribution in [0.1, 0.15) is 43.7 Å². The molecule has 2 rings (SSSR count). The fourth-order valence-corrected chi connectivity index (χ4v) is 4.01. The summed E-state index contributed by atoms with van der Waals surface area (Å²) < 4.78 is 0. The predicted octanol–water partition coefficient (Wildman–Crippen LogP) is 3.22. The van der Waals surface area contributed by atoms with Gasteiger partial charge < -0.3 is 9.80 Å². The maximum absolute atomic E-state index is 12.2. The standard InChI is InChI=1S/C18H26N2O2S/c1-5-16(21)19(13(2)3)10-11-20-17(22)12-23-18(20)15-8-6-14(4)7-9-15/h6-9,13,18H,5,10-12H2,1-4H3. The first-order valence-electron chi connectivity index (χ1n) is 8.21. The van der Waals surface area contributed by atoms with Crippen LogP contribution in [-0.4, -0.2) is 46.5 Å². The Kier molecular flexibility index (Phi) is 6.10. The molecule has 0 aromatic heterocycles. The summed E-state index contributed by atoms with van der Waals surface area (Å²) in [6.45, 7) is 9.17. The summed E-state index contributed by atoms with van der Waals surface area (Å²) >= 11 is 1.66. The van der Waals surface area contributed by atoms with Crippen molar-refractivity contribution < 1.29 is 9.59 Å². The van der Waals surface area contributed by atoms with Crippen molar-refractivity contribution in [3.8, 4) is 0 Å². The zero-order valence-corrected chi connectivity index (χ0v) is 15.2. The lowest BCUT2D eigenvalue weighted by atomic mass is 10.1. The first-order chi connectivity index (χ1) is 10.9. The Hall–Kier alpha value is -1.49. The third kappa shape index (κ3) is 4.28. The molecule has 1 aromatic rings. The topological polar surface area (TPSA) is 40.6 Å². The van der Waals surface area contributed by atoms with Crippen LogP contribution in [0, 0.1) is 6.92 Å². The highest BCUT2D eigenvalue weighted by Crippen LogP contribution is 2.38. The van der Waals surface area contributed by atoms with Crippen molar-refractivity contribution in [3.05, 3.63) is 35.4 Å². The average Bonchev–Trinajstić information content (AvgIpc) is 2.89. The number of aryl methyl sites for hydroxylation is 1. The lowest BCUT2D eigenvalue weighted by molar-refractivity contribution is -0.135. The average molecular weight is 334 g/mol. The number of nitrogens with zero attached hydrogens (tertiary/aromatic N) is 2. The van der Waals surface area contributed by atoms with Gasteiger partial charge in [-0.15, -0.1) is 11.8 Å². The molecule has 23 heavy (non-hydrogen) atoms. The predicted molar refractivity (Wildman–Crippen MR) is 95.2 cm³/mol. The van der Waals surface area contributed by atoms with Gasteiger partial charge in [-0.05, 0) is 26.3 Å². The minimum Gasteiger partial charge on any atom is -0.339 e. The Morgan fingerprint density at radius 2 is 2.00 bits per heavy atom. The molecule has 1 aliphatic rings. The van der Waals surface area contributed by atoms with Gasteiger partial charge >= 0.3 is 0 Å². The summed E-state index contributed by atoms with van der Waals surface area (Å²) in [7, 11) is 0. The Labute approximate surface area is 143 Å². The summed E-state index contributed by atoms with van der Waals surface area (Å²) in [5, 5.41) is 0.0637. The molecule has 1 atom stereocenters. The molecular weight excluding hydrogens is 308 g/mol. The van der Waals surface area contributed by atoms with Crippen LogP contribution in [0.5, 0.6) is 0 Å². The van der Waals surface area contributed by atoms with E-state index >= 15 is 0 Å². The van der Waals surface area contributed by atoms with E-state index in [1.54, 1.807) is 11.8 Å². The summed E-state index contributed by atoms with van der Waals surface area (Å²) in [5.74, 6) is 0.821. The lowest BCUT2D eigenvalue weighted by Gasteiger charge is -2.31. The van der Waals surface area contributed by atoms with Gasteiger partial charge in [0.05, 0.1) is 5.75 Å². The largest absolute Gasteiger partial charge is 0.339 e. The van der Waals surface area contributed by atoms with Crippen molar-refractivity contribution in [2.75, 3.05) is 18.8 Å². The molecular formula is C18H26N2O2S. The first kappa shape index (κ1) is 17.9. The molecule has 2 amide bonds. The van der Waals surface area contributed by atoms with E-state index in [0.717, 1.165) is 5.56 Å². The smallest absolute Gasteiger partial charge is 0.233 e. The number of hydrogen-bond acceptors (Lipinski definition) is 3. The van der Waals surface area contributed by atoms with Crippen molar-refractivity contribution in [1.29, 1.82) is 0 Å². The molecule has 0 N–H and O–H groups in total. The molecule has 1 saturated heterocycles. The van der Waals surface area contributed by atoms with Gasteiger partial charge in [0.25, 0.3) is 0 Å². The Bertz CT molecular complexity index is 557.